The van der Waals surface area contributed by atoms with Crippen LogP contribution in [0.3, 0.4) is 0 Å². The summed E-state index contributed by atoms with van der Waals surface area (Å²) >= 11 is 0. The van der Waals surface area contributed by atoms with Crippen LogP contribution in [0.15, 0.2) is 47.1 Å². The van der Waals surface area contributed by atoms with Crippen LogP contribution in [0.5, 0.6) is 5.75 Å². The number of fused-ring (bicyclic) bond motifs is 3. The lowest BCUT2D eigenvalue weighted by atomic mass is 10.0. The highest BCUT2D eigenvalue weighted by atomic mass is 16.5. The average molecular weight is 309 g/mol. The second-order valence-corrected chi connectivity index (χ2v) is 5.47. The van der Waals surface area contributed by atoms with Crippen molar-refractivity contribution in [2.45, 2.75) is 20.1 Å². The van der Waals surface area contributed by atoms with Gasteiger partial charge in [0.2, 0.25) is 5.91 Å². The summed E-state index contributed by atoms with van der Waals surface area (Å²) in [4.78, 5) is 12.2. The minimum atomic E-state index is -0.152. The molecule has 0 atom stereocenters. The van der Waals surface area contributed by atoms with Gasteiger partial charge in [-0.25, -0.2) is 0 Å². The maximum atomic E-state index is 12.2. The summed E-state index contributed by atoms with van der Waals surface area (Å²) in [6, 6.07) is 11.5. The molecule has 0 radical (unpaired) electrons. The van der Waals surface area contributed by atoms with Crippen LogP contribution in [0.25, 0.3) is 11.3 Å². The molecule has 3 heterocycles. The molecule has 6 heteroatoms. The van der Waals surface area contributed by atoms with Crippen molar-refractivity contribution in [1.29, 1.82) is 0 Å². The Morgan fingerprint density at radius 2 is 2.22 bits per heavy atom. The lowest BCUT2D eigenvalue weighted by Gasteiger charge is -2.20. The van der Waals surface area contributed by atoms with Crippen LogP contribution in [0.4, 0.5) is 5.82 Å². The third-order valence-electron chi connectivity index (χ3n) is 3.78. The van der Waals surface area contributed by atoms with Crippen molar-refractivity contribution in [3.8, 4) is 17.0 Å². The zero-order valence-corrected chi connectivity index (χ0v) is 12.6. The van der Waals surface area contributed by atoms with Crippen molar-refractivity contribution < 1.29 is 14.1 Å². The molecule has 0 aliphatic carbocycles. The molecule has 23 heavy (non-hydrogen) atoms. The summed E-state index contributed by atoms with van der Waals surface area (Å²) in [6.07, 6.45) is 1.91. The molecule has 0 saturated carbocycles. The van der Waals surface area contributed by atoms with E-state index in [1.165, 1.54) is 0 Å². The molecular formula is C17H15N3O3. The van der Waals surface area contributed by atoms with Gasteiger partial charge in [0.25, 0.3) is 0 Å². The Kier molecular flexibility index (Phi) is 3.15. The number of rotatable bonds is 3. The summed E-state index contributed by atoms with van der Waals surface area (Å²) in [7, 11) is 0. The zero-order chi connectivity index (χ0) is 15.8. The second kappa shape index (κ2) is 5.31. The van der Waals surface area contributed by atoms with Crippen LogP contribution in [0.2, 0.25) is 0 Å². The highest BCUT2D eigenvalue weighted by Crippen LogP contribution is 2.37. The van der Waals surface area contributed by atoms with Gasteiger partial charge in [0.1, 0.15) is 24.7 Å². The lowest BCUT2D eigenvalue weighted by molar-refractivity contribution is -0.116. The Morgan fingerprint density at radius 1 is 1.35 bits per heavy atom. The van der Waals surface area contributed by atoms with Crippen LogP contribution in [-0.2, 0) is 17.9 Å². The van der Waals surface area contributed by atoms with Crippen molar-refractivity contribution in [2.24, 2.45) is 0 Å². The molecule has 0 spiro atoms. The number of aryl methyl sites for hydroxylation is 1. The molecule has 116 valence electrons. The van der Waals surface area contributed by atoms with Gasteiger partial charge in [0, 0.05) is 23.4 Å². The van der Waals surface area contributed by atoms with Crippen LogP contribution >= 0.6 is 0 Å². The van der Waals surface area contributed by atoms with Crippen molar-refractivity contribution in [2.75, 3.05) is 5.32 Å². The van der Waals surface area contributed by atoms with Crippen LogP contribution in [-0.4, -0.2) is 15.6 Å². The SMILES string of the molecule is Cc1cc(NC(=O)Cn2ccc3c2-c2ccccc2OC3)no1. The first-order chi connectivity index (χ1) is 11.2. The number of anilines is 1. The number of benzene rings is 1. The number of amides is 1. The predicted octanol–water partition coefficient (Wildman–Crippen LogP) is 2.98. The molecule has 1 aliphatic rings. The topological polar surface area (TPSA) is 69.3 Å². The van der Waals surface area contributed by atoms with E-state index in [0.717, 1.165) is 22.6 Å². The Labute approximate surface area is 132 Å². The van der Waals surface area contributed by atoms with Crippen molar-refractivity contribution in [3.63, 3.8) is 0 Å². The first-order valence-corrected chi connectivity index (χ1v) is 7.34. The van der Waals surface area contributed by atoms with Gasteiger partial charge in [-0.1, -0.05) is 17.3 Å². The van der Waals surface area contributed by atoms with E-state index in [-0.39, 0.29) is 12.5 Å². The quantitative estimate of drug-likeness (QED) is 0.807. The van der Waals surface area contributed by atoms with Gasteiger partial charge in [0.05, 0.1) is 5.69 Å². The molecule has 0 bridgehead atoms. The lowest BCUT2D eigenvalue weighted by Crippen LogP contribution is -2.19. The summed E-state index contributed by atoms with van der Waals surface area (Å²) < 4.78 is 12.6. The first kappa shape index (κ1) is 13.6. The minimum Gasteiger partial charge on any atom is -0.488 e. The fraction of sp³-hybridized carbons (Fsp3) is 0.176. The number of nitrogens with one attached hydrogen (secondary N) is 1. The largest absolute Gasteiger partial charge is 0.488 e. The fourth-order valence-corrected chi connectivity index (χ4v) is 2.80. The number of aromatic nitrogens is 2. The van der Waals surface area contributed by atoms with E-state index in [0.29, 0.717) is 18.2 Å². The number of carbonyl (C=O) groups is 1. The monoisotopic (exact) mass is 309 g/mol. The Hall–Kier alpha value is -3.02. The van der Waals surface area contributed by atoms with Gasteiger partial charge < -0.3 is 19.1 Å². The highest BCUT2D eigenvalue weighted by Gasteiger charge is 2.21. The summed E-state index contributed by atoms with van der Waals surface area (Å²) in [5, 5.41) is 6.51. The summed E-state index contributed by atoms with van der Waals surface area (Å²) in [5.74, 6) is 1.77. The van der Waals surface area contributed by atoms with E-state index >= 15 is 0 Å². The Morgan fingerprint density at radius 3 is 3.04 bits per heavy atom. The second-order valence-electron chi connectivity index (χ2n) is 5.47. The molecule has 6 nitrogen and oxygen atoms in total. The van der Waals surface area contributed by atoms with Gasteiger partial charge in [-0.3, -0.25) is 4.79 Å². The van der Waals surface area contributed by atoms with Crippen LogP contribution < -0.4 is 10.1 Å². The Bertz CT molecular complexity index is 879. The molecule has 1 aliphatic heterocycles. The van der Waals surface area contributed by atoms with Gasteiger partial charge >= 0.3 is 0 Å². The fourth-order valence-electron chi connectivity index (χ4n) is 2.80. The first-order valence-electron chi connectivity index (χ1n) is 7.34. The van der Waals surface area contributed by atoms with Gasteiger partial charge in [-0.15, -0.1) is 0 Å². The maximum Gasteiger partial charge on any atom is 0.245 e. The van der Waals surface area contributed by atoms with E-state index in [4.69, 9.17) is 9.26 Å². The molecule has 0 unspecified atom stereocenters. The third kappa shape index (κ3) is 2.48. The van der Waals surface area contributed by atoms with Crippen LogP contribution in [0, 0.1) is 6.92 Å². The molecule has 1 amide bonds. The number of para-hydroxylation sites is 1. The Balaban J connectivity index is 1.60. The zero-order valence-electron chi connectivity index (χ0n) is 12.6. The van der Waals surface area contributed by atoms with E-state index in [1.54, 1.807) is 13.0 Å². The van der Waals surface area contributed by atoms with E-state index < -0.39 is 0 Å². The van der Waals surface area contributed by atoms with Crippen LogP contribution in [0.1, 0.15) is 11.3 Å². The molecule has 0 saturated heterocycles. The van der Waals surface area contributed by atoms with Gasteiger partial charge in [-0.2, -0.15) is 0 Å². The molecular weight excluding hydrogens is 294 g/mol. The molecule has 2 aromatic heterocycles. The number of carbonyl (C=O) groups excluding carboxylic acids is 1. The smallest absolute Gasteiger partial charge is 0.245 e. The third-order valence-corrected chi connectivity index (χ3v) is 3.78. The number of hydrogen-bond donors (Lipinski definition) is 1. The van der Waals surface area contributed by atoms with E-state index in [1.807, 2.05) is 41.1 Å². The predicted molar refractivity (Wildman–Crippen MR) is 84.1 cm³/mol. The van der Waals surface area contributed by atoms with Gasteiger partial charge in [0.15, 0.2) is 5.82 Å². The molecule has 0 fully saturated rings. The summed E-state index contributed by atoms with van der Waals surface area (Å²) in [5.41, 5.74) is 3.11. The number of hydrogen-bond acceptors (Lipinski definition) is 4. The standard InChI is InChI=1S/C17H15N3O3/c1-11-8-15(19-23-11)18-16(21)9-20-7-6-12-10-22-14-5-3-2-4-13(14)17(12)20/h2-8H,9-10H2,1H3,(H,18,19,21). The number of nitrogens with zero attached hydrogens (tertiary/aromatic N) is 2. The van der Waals surface area contributed by atoms with E-state index in [2.05, 4.69) is 10.5 Å². The molecule has 4 rings (SSSR count). The molecule has 1 N–H and O–H groups in total. The number of ether oxygens (including phenoxy) is 1. The average Bonchev–Trinajstić information content (AvgIpc) is 3.14. The maximum absolute atomic E-state index is 12.2. The van der Waals surface area contributed by atoms with Gasteiger partial charge in [-0.05, 0) is 25.1 Å². The normalized spacial score (nSPS) is 12.2. The van der Waals surface area contributed by atoms with Crippen molar-refractivity contribution >= 4 is 11.7 Å². The van der Waals surface area contributed by atoms with Crippen molar-refractivity contribution in [3.05, 3.63) is 53.9 Å². The van der Waals surface area contributed by atoms with E-state index in [9.17, 15) is 4.79 Å². The highest BCUT2D eigenvalue weighted by molar-refractivity contribution is 5.90. The van der Waals surface area contributed by atoms with Crippen molar-refractivity contribution in [1.82, 2.24) is 9.72 Å². The summed E-state index contributed by atoms with van der Waals surface area (Å²) in [6.45, 7) is 2.50. The molecule has 1 aromatic carbocycles. The molecule has 3 aromatic rings. The minimum absolute atomic E-state index is 0.152.